The molecule has 0 atom stereocenters. The first-order chi connectivity index (χ1) is 16.4. The van der Waals surface area contributed by atoms with E-state index >= 15 is 0 Å². The van der Waals surface area contributed by atoms with Gasteiger partial charge in [0.25, 0.3) is 11.2 Å². The van der Waals surface area contributed by atoms with Gasteiger partial charge in [-0.25, -0.2) is 14.4 Å². The lowest BCUT2D eigenvalue weighted by molar-refractivity contribution is -0.384. The summed E-state index contributed by atoms with van der Waals surface area (Å²) in [5, 5.41) is 28.2. The lowest BCUT2D eigenvalue weighted by Gasteiger charge is -2.36. The van der Waals surface area contributed by atoms with Crippen molar-refractivity contribution in [2.75, 3.05) is 42.9 Å². The van der Waals surface area contributed by atoms with Crippen LogP contribution in [0.2, 0.25) is 0 Å². The normalized spacial score (nSPS) is 13.4. The molecular weight excluding hydrogens is 468 g/mol. The lowest BCUT2D eigenvalue weighted by Crippen LogP contribution is -2.50. The Labute approximate surface area is 197 Å². The summed E-state index contributed by atoms with van der Waals surface area (Å²) in [5.41, 5.74) is -0.274. The van der Waals surface area contributed by atoms with Crippen LogP contribution in [0.3, 0.4) is 0 Å². The zero-order valence-electron chi connectivity index (χ0n) is 18.9. The Balaban J connectivity index is 0.000000641. The molecule has 1 aromatic carbocycles. The van der Waals surface area contributed by atoms with Gasteiger partial charge in [0.2, 0.25) is 5.91 Å². The quantitative estimate of drug-likeness (QED) is 0.260. The predicted molar refractivity (Wildman–Crippen MR) is 123 cm³/mol. The van der Waals surface area contributed by atoms with Crippen molar-refractivity contribution in [2.24, 2.45) is 14.1 Å². The highest BCUT2D eigenvalue weighted by Gasteiger charge is 2.22. The number of hydrogen-bond acceptors (Lipinski definition) is 9. The zero-order chi connectivity index (χ0) is 26.3. The number of anilines is 2. The number of amides is 1. The number of carboxylic acid groups (broad SMARTS) is 2. The van der Waals surface area contributed by atoms with E-state index in [1.54, 1.807) is 7.05 Å². The molecule has 0 saturated carbocycles. The minimum Gasteiger partial charge on any atom is -0.473 e. The van der Waals surface area contributed by atoms with E-state index in [0.29, 0.717) is 37.7 Å². The Morgan fingerprint density at radius 1 is 0.971 bits per heavy atom. The van der Waals surface area contributed by atoms with Gasteiger partial charge in [-0.1, -0.05) is 0 Å². The zero-order valence-corrected chi connectivity index (χ0v) is 18.9. The molecular formula is C20H24N6O9. The number of carbonyl (C=O) groups is 3. The maximum absolute atomic E-state index is 12.2. The lowest BCUT2D eigenvalue weighted by atomic mass is 10.2. The average Bonchev–Trinajstić information content (AvgIpc) is 2.81. The van der Waals surface area contributed by atoms with Crippen molar-refractivity contribution in [3.63, 3.8) is 0 Å². The summed E-state index contributed by atoms with van der Waals surface area (Å²) in [5.74, 6) is -3.30. The molecule has 0 radical (unpaired) electrons. The van der Waals surface area contributed by atoms with E-state index in [-0.39, 0.29) is 29.4 Å². The number of nitro groups is 1. The molecule has 15 nitrogen and oxygen atoms in total. The molecule has 35 heavy (non-hydrogen) atoms. The van der Waals surface area contributed by atoms with E-state index in [1.165, 1.54) is 41.9 Å². The fourth-order valence-electron chi connectivity index (χ4n) is 3.23. The summed E-state index contributed by atoms with van der Waals surface area (Å²) in [6, 6.07) is 7.10. The molecule has 15 heteroatoms. The van der Waals surface area contributed by atoms with Crippen molar-refractivity contribution in [2.45, 2.75) is 0 Å². The van der Waals surface area contributed by atoms with Gasteiger partial charge >= 0.3 is 17.6 Å². The predicted octanol–water partition coefficient (Wildman–Crippen LogP) is -1.09. The van der Waals surface area contributed by atoms with E-state index in [1.807, 2.05) is 9.80 Å². The van der Waals surface area contributed by atoms with Crippen molar-refractivity contribution < 1.29 is 29.5 Å². The van der Waals surface area contributed by atoms with Crippen LogP contribution in [-0.4, -0.2) is 79.7 Å². The number of hydrogen-bond donors (Lipinski definition) is 3. The molecule has 3 N–H and O–H groups in total. The van der Waals surface area contributed by atoms with Gasteiger partial charge in [-0.15, -0.1) is 0 Å². The molecule has 2 heterocycles. The Bertz CT molecular complexity index is 1220. The van der Waals surface area contributed by atoms with Crippen LogP contribution in [0, 0.1) is 10.1 Å². The molecule has 0 aliphatic carbocycles. The van der Waals surface area contributed by atoms with E-state index in [2.05, 4.69) is 5.32 Å². The summed E-state index contributed by atoms with van der Waals surface area (Å²) >= 11 is 0. The highest BCUT2D eigenvalue weighted by molar-refractivity contribution is 6.27. The molecule has 1 fully saturated rings. The summed E-state index contributed by atoms with van der Waals surface area (Å²) < 4.78 is 2.50. The molecule has 1 aliphatic heterocycles. The number of nitro benzene ring substituents is 1. The number of benzene rings is 1. The summed E-state index contributed by atoms with van der Waals surface area (Å²) in [6.45, 7) is 2.52. The highest BCUT2D eigenvalue weighted by atomic mass is 16.6. The maximum atomic E-state index is 12.2. The van der Waals surface area contributed by atoms with Crippen LogP contribution in [-0.2, 0) is 28.5 Å². The summed E-state index contributed by atoms with van der Waals surface area (Å²) in [7, 11) is 3.07. The number of piperazine rings is 1. The number of nitrogens with one attached hydrogen (secondary N) is 1. The molecule has 0 unspecified atom stereocenters. The van der Waals surface area contributed by atoms with Crippen LogP contribution >= 0.6 is 0 Å². The first-order valence-corrected chi connectivity index (χ1v) is 10.2. The molecule has 188 valence electrons. The molecule has 0 bridgehead atoms. The second-order valence-corrected chi connectivity index (χ2v) is 7.47. The monoisotopic (exact) mass is 492 g/mol. The smallest absolute Gasteiger partial charge is 0.414 e. The van der Waals surface area contributed by atoms with Gasteiger partial charge in [0, 0.05) is 64.2 Å². The summed E-state index contributed by atoms with van der Waals surface area (Å²) in [6.07, 6.45) is 0. The van der Waals surface area contributed by atoms with Crippen LogP contribution in [0.1, 0.15) is 0 Å². The Kier molecular flexibility index (Phi) is 8.82. The van der Waals surface area contributed by atoms with Crippen LogP contribution in [0.25, 0.3) is 0 Å². The van der Waals surface area contributed by atoms with Crippen LogP contribution in [0.15, 0.2) is 39.9 Å². The molecule has 1 amide bonds. The van der Waals surface area contributed by atoms with Crippen molar-refractivity contribution in [3.05, 3.63) is 61.3 Å². The first kappa shape index (κ1) is 26.7. The third kappa shape index (κ3) is 7.23. The van der Waals surface area contributed by atoms with Gasteiger partial charge in [0.1, 0.15) is 5.82 Å². The Hall–Kier alpha value is -4.53. The standard InChI is InChI=1S/C18H22N6O5.C2H2O4/c1-20-16(11-17(26)21(2)18(20)27)23-9-7-22(8-10-23)12-15(25)19-13-3-5-14(6-4-13)24(28)29;3-1(4)2(5)6/h3-6,11H,7-10,12H2,1-2H3,(H,19,25);(H,3,4)(H,5,6). The molecule has 1 saturated heterocycles. The van der Waals surface area contributed by atoms with Crippen LogP contribution in [0.4, 0.5) is 17.2 Å². The highest BCUT2D eigenvalue weighted by Crippen LogP contribution is 2.16. The number of rotatable bonds is 5. The van der Waals surface area contributed by atoms with Crippen LogP contribution in [0.5, 0.6) is 0 Å². The van der Waals surface area contributed by atoms with E-state index in [9.17, 15) is 24.5 Å². The number of aromatic nitrogens is 2. The minimum atomic E-state index is -1.82. The van der Waals surface area contributed by atoms with Crippen molar-refractivity contribution in [3.8, 4) is 0 Å². The minimum absolute atomic E-state index is 0.0377. The number of nitrogens with zero attached hydrogens (tertiary/aromatic N) is 5. The number of non-ortho nitro benzene ring substituents is 1. The largest absolute Gasteiger partial charge is 0.473 e. The van der Waals surface area contributed by atoms with Gasteiger partial charge in [-0.05, 0) is 12.1 Å². The number of carboxylic acids is 2. The SMILES string of the molecule is Cn1c(N2CCN(CC(=O)Nc3ccc([N+](=O)[O-])cc3)CC2)cc(=O)n(C)c1=O.O=C(O)C(=O)O. The topological polar surface area (TPSA) is 197 Å². The van der Waals surface area contributed by atoms with Crippen LogP contribution < -0.4 is 21.5 Å². The Morgan fingerprint density at radius 2 is 1.51 bits per heavy atom. The maximum Gasteiger partial charge on any atom is 0.414 e. The summed E-state index contributed by atoms with van der Waals surface area (Å²) in [4.78, 5) is 68.5. The second-order valence-electron chi connectivity index (χ2n) is 7.47. The van der Waals surface area contributed by atoms with Gasteiger partial charge in [0.15, 0.2) is 0 Å². The third-order valence-corrected chi connectivity index (χ3v) is 5.11. The van der Waals surface area contributed by atoms with Crippen molar-refractivity contribution >= 4 is 35.0 Å². The van der Waals surface area contributed by atoms with Gasteiger partial charge < -0.3 is 20.4 Å². The first-order valence-electron chi connectivity index (χ1n) is 10.2. The van der Waals surface area contributed by atoms with Gasteiger partial charge in [-0.3, -0.25) is 33.7 Å². The van der Waals surface area contributed by atoms with E-state index in [0.717, 1.165) is 4.57 Å². The Morgan fingerprint density at radius 3 is 2.00 bits per heavy atom. The van der Waals surface area contributed by atoms with Gasteiger partial charge in [0.05, 0.1) is 11.5 Å². The van der Waals surface area contributed by atoms with E-state index in [4.69, 9.17) is 19.8 Å². The molecule has 1 aliphatic rings. The van der Waals surface area contributed by atoms with Crippen molar-refractivity contribution in [1.29, 1.82) is 0 Å². The fraction of sp³-hybridized carbons (Fsp3) is 0.350. The fourth-order valence-corrected chi connectivity index (χ4v) is 3.23. The third-order valence-electron chi connectivity index (χ3n) is 5.11. The second kappa shape index (κ2) is 11.6. The number of carbonyl (C=O) groups excluding carboxylic acids is 1. The molecule has 2 aromatic rings. The molecule has 3 rings (SSSR count). The molecule has 0 spiro atoms. The molecule has 1 aromatic heterocycles. The van der Waals surface area contributed by atoms with Gasteiger partial charge in [-0.2, -0.15) is 0 Å². The van der Waals surface area contributed by atoms with E-state index < -0.39 is 16.9 Å². The number of aliphatic carboxylic acids is 2. The van der Waals surface area contributed by atoms with Crippen molar-refractivity contribution in [1.82, 2.24) is 14.0 Å². The average molecular weight is 492 g/mol.